The highest BCUT2D eigenvalue weighted by Crippen LogP contribution is 2.40. The number of benzene rings is 1. The Bertz CT molecular complexity index is 815. The number of amides is 1. The standard InChI is InChI=1S/C18H21BrF3N5O/c1-26(15(18(20,21)22)11-7-9-14(19)10-8-11)17(28)13-5-3-12(4-6-13)16-23-25-27(2)24-16/h7-10,12-13,15H,3-6H2,1-2H3/t12?,13?,15-/m1/s1. The molecule has 10 heteroatoms. The molecular weight excluding hydrogens is 439 g/mol. The van der Waals surface area contributed by atoms with E-state index in [9.17, 15) is 18.0 Å². The number of carbonyl (C=O) groups excluding carboxylic acids is 1. The Morgan fingerprint density at radius 2 is 1.82 bits per heavy atom. The highest BCUT2D eigenvalue weighted by atomic mass is 79.9. The van der Waals surface area contributed by atoms with E-state index < -0.39 is 24.0 Å². The van der Waals surface area contributed by atoms with Crippen LogP contribution in [0.2, 0.25) is 0 Å². The minimum Gasteiger partial charge on any atom is -0.330 e. The highest BCUT2D eigenvalue weighted by Gasteiger charge is 2.46. The molecule has 1 heterocycles. The van der Waals surface area contributed by atoms with Crippen LogP contribution in [0.3, 0.4) is 0 Å². The fourth-order valence-corrected chi connectivity index (χ4v) is 4.02. The van der Waals surface area contributed by atoms with Gasteiger partial charge in [0.1, 0.15) is 0 Å². The quantitative estimate of drug-likeness (QED) is 0.692. The van der Waals surface area contributed by atoms with Crippen LogP contribution in [0.1, 0.15) is 49.0 Å². The summed E-state index contributed by atoms with van der Waals surface area (Å²) in [5, 5.41) is 12.0. The third kappa shape index (κ3) is 4.53. The van der Waals surface area contributed by atoms with E-state index in [1.807, 2.05) is 0 Å². The van der Waals surface area contributed by atoms with Gasteiger partial charge in [-0.25, -0.2) is 0 Å². The fraction of sp³-hybridized carbons (Fsp3) is 0.556. The van der Waals surface area contributed by atoms with Gasteiger partial charge in [-0.2, -0.15) is 18.0 Å². The molecule has 0 N–H and O–H groups in total. The number of aryl methyl sites for hydroxylation is 1. The van der Waals surface area contributed by atoms with Crippen molar-refractivity contribution >= 4 is 21.8 Å². The van der Waals surface area contributed by atoms with Gasteiger partial charge in [-0.05, 0) is 48.6 Å². The Kier molecular flexibility index (Phi) is 6.07. The first kappa shape index (κ1) is 20.8. The lowest BCUT2D eigenvalue weighted by Gasteiger charge is -2.35. The number of alkyl halides is 3. The van der Waals surface area contributed by atoms with Crippen molar-refractivity contribution in [1.29, 1.82) is 0 Å². The van der Waals surface area contributed by atoms with E-state index in [2.05, 4.69) is 31.3 Å². The monoisotopic (exact) mass is 459 g/mol. The molecule has 1 aliphatic carbocycles. The molecule has 0 aliphatic heterocycles. The molecule has 152 valence electrons. The van der Waals surface area contributed by atoms with Gasteiger partial charge in [0.25, 0.3) is 0 Å². The van der Waals surface area contributed by atoms with Crippen molar-refractivity contribution in [2.24, 2.45) is 13.0 Å². The summed E-state index contributed by atoms with van der Waals surface area (Å²) in [4.78, 5) is 15.1. The van der Waals surface area contributed by atoms with Crippen LogP contribution in [-0.2, 0) is 11.8 Å². The Labute approximate surface area is 169 Å². The average molecular weight is 460 g/mol. The predicted molar refractivity (Wildman–Crippen MR) is 99.2 cm³/mol. The zero-order valence-corrected chi connectivity index (χ0v) is 17.1. The molecule has 1 aromatic heterocycles. The van der Waals surface area contributed by atoms with Gasteiger partial charge in [-0.1, -0.05) is 28.1 Å². The summed E-state index contributed by atoms with van der Waals surface area (Å²) in [6.45, 7) is 0. The van der Waals surface area contributed by atoms with E-state index in [-0.39, 0.29) is 11.5 Å². The Morgan fingerprint density at radius 3 is 2.32 bits per heavy atom. The first-order valence-corrected chi connectivity index (χ1v) is 9.79. The van der Waals surface area contributed by atoms with E-state index in [1.54, 1.807) is 19.2 Å². The average Bonchev–Trinajstić information content (AvgIpc) is 3.08. The highest BCUT2D eigenvalue weighted by molar-refractivity contribution is 9.10. The van der Waals surface area contributed by atoms with Gasteiger partial charge < -0.3 is 4.90 Å². The van der Waals surface area contributed by atoms with Crippen LogP contribution in [-0.4, -0.2) is 44.2 Å². The minimum absolute atomic E-state index is 0.0454. The van der Waals surface area contributed by atoms with Gasteiger partial charge in [0.2, 0.25) is 5.91 Å². The van der Waals surface area contributed by atoms with Crippen molar-refractivity contribution in [1.82, 2.24) is 25.1 Å². The molecule has 1 atom stereocenters. The molecule has 0 spiro atoms. The third-order valence-electron chi connectivity index (χ3n) is 5.20. The number of nitrogens with zero attached hydrogens (tertiary/aromatic N) is 5. The lowest BCUT2D eigenvalue weighted by Crippen LogP contribution is -2.43. The largest absolute Gasteiger partial charge is 0.413 e. The topological polar surface area (TPSA) is 63.9 Å². The van der Waals surface area contributed by atoms with Gasteiger partial charge in [-0.15, -0.1) is 10.2 Å². The van der Waals surface area contributed by atoms with Crippen LogP contribution in [0.5, 0.6) is 0 Å². The number of tetrazole rings is 1. The number of halogens is 4. The molecule has 0 unspecified atom stereocenters. The number of hydrogen-bond donors (Lipinski definition) is 0. The summed E-state index contributed by atoms with van der Waals surface area (Å²) >= 11 is 3.22. The molecular formula is C18H21BrF3N5O. The molecule has 6 nitrogen and oxygen atoms in total. The van der Waals surface area contributed by atoms with Gasteiger partial charge >= 0.3 is 6.18 Å². The van der Waals surface area contributed by atoms with Crippen LogP contribution < -0.4 is 0 Å². The summed E-state index contributed by atoms with van der Waals surface area (Å²) in [5.74, 6) is -0.188. The van der Waals surface area contributed by atoms with Crippen LogP contribution in [0.15, 0.2) is 28.7 Å². The molecule has 28 heavy (non-hydrogen) atoms. The van der Waals surface area contributed by atoms with Crippen molar-refractivity contribution in [2.75, 3.05) is 7.05 Å². The second-order valence-corrected chi connectivity index (χ2v) is 8.05. The molecule has 3 rings (SSSR count). The van der Waals surface area contributed by atoms with Crippen LogP contribution in [0.25, 0.3) is 0 Å². The smallest absolute Gasteiger partial charge is 0.330 e. The van der Waals surface area contributed by atoms with E-state index in [0.29, 0.717) is 36.0 Å². The van der Waals surface area contributed by atoms with E-state index >= 15 is 0 Å². The maximum atomic E-state index is 13.7. The zero-order valence-electron chi connectivity index (χ0n) is 15.5. The van der Waals surface area contributed by atoms with Crippen molar-refractivity contribution in [2.45, 2.75) is 43.8 Å². The second kappa shape index (κ2) is 8.18. The molecule has 1 aromatic carbocycles. The fourth-order valence-electron chi connectivity index (χ4n) is 3.75. The molecule has 0 bridgehead atoms. The summed E-state index contributed by atoms with van der Waals surface area (Å²) in [7, 11) is 2.92. The summed E-state index contributed by atoms with van der Waals surface area (Å²) in [6, 6.07) is 3.91. The molecule has 1 fully saturated rings. The van der Waals surface area contributed by atoms with Crippen LogP contribution >= 0.6 is 15.9 Å². The molecule has 1 aliphatic rings. The van der Waals surface area contributed by atoms with Gasteiger partial charge in [0.15, 0.2) is 11.9 Å². The number of hydrogen-bond acceptors (Lipinski definition) is 4. The van der Waals surface area contributed by atoms with Crippen molar-refractivity contribution in [3.05, 3.63) is 40.1 Å². The van der Waals surface area contributed by atoms with E-state index in [1.165, 1.54) is 24.0 Å². The van der Waals surface area contributed by atoms with Crippen LogP contribution in [0, 0.1) is 5.92 Å². The maximum absolute atomic E-state index is 13.7. The number of aromatic nitrogens is 4. The van der Waals surface area contributed by atoms with E-state index in [4.69, 9.17) is 0 Å². The first-order chi connectivity index (χ1) is 13.2. The zero-order chi connectivity index (χ0) is 20.5. The third-order valence-corrected chi connectivity index (χ3v) is 5.72. The minimum atomic E-state index is -4.56. The van der Waals surface area contributed by atoms with Gasteiger partial charge in [-0.3, -0.25) is 4.79 Å². The number of carbonyl (C=O) groups is 1. The molecule has 0 radical (unpaired) electrons. The normalized spacial score (nSPS) is 21.4. The van der Waals surface area contributed by atoms with E-state index in [0.717, 1.165) is 4.90 Å². The maximum Gasteiger partial charge on any atom is 0.413 e. The Morgan fingerprint density at radius 1 is 1.21 bits per heavy atom. The van der Waals surface area contributed by atoms with Crippen LogP contribution in [0.4, 0.5) is 13.2 Å². The molecule has 1 saturated carbocycles. The van der Waals surface area contributed by atoms with Gasteiger partial charge in [0, 0.05) is 23.4 Å². The SMILES string of the molecule is CN(C(=O)C1CCC(c2nnn(C)n2)CC1)[C@H](c1ccc(Br)cc1)C(F)(F)F. The lowest BCUT2D eigenvalue weighted by atomic mass is 9.81. The second-order valence-electron chi connectivity index (χ2n) is 7.13. The number of rotatable bonds is 4. The van der Waals surface area contributed by atoms with Crippen molar-refractivity contribution in [3.8, 4) is 0 Å². The lowest BCUT2D eigenvalue weighted by molar-refractivity contribution is -0.191. The van der Waals surface area contributed by atoms with Gasteiger partial charge in [0.05, 0.1) is 7.05 Å². The first-order valence-electron chi connectivity index (χ1n) is 8.99. The molecule has 0 saturated heterocycles. The summed E-state index contributed by atoms with van der Waals surface area (Å²) < 4.78 is 41.9. The summed E-state index contributed by atoms with van der Waals surface area (Å²) in [5.41, 5.74) is 0.0454. The van der Waals surface area contributed by atoms with Crippen molar-refractivity contribution in [3.63, 3.8) is 0 Å². The summed E-state index contributed by atoms with van der Waals surface area (Å²) in [6.07, 6.45) is -2.22. The molecule has 1 amide bonds. The Balaban J connectivity index is 1.70. The van der Waals surface area contributed by atoms with Crippen molar-refractivity contribution < 1.29 is 18.0 Å². The Hall–Kier alpha value is -1.97. The predicted octanol–water partition coefficient (Wildman–Crippen LogP) is 4.01. The molecule has 2 aromatic rings.